The van der Waals surface area contributed by atoms with Crippen LogP contribution in [0.4, 0.5) is 5.82 Å². The van der Waals surface area contributed by atoms with Gasteiger partial charge in [0.1, 0.15) is 11.6 Å². The Morgan fingerprint density at radius 1 is 1.20 bits per heavy atom. The van der Waals surface area contributed by atoms with Gasteiger partial charge < -0.3 is 19.3 Å². The van der Waals surface area contributed by atoms with E-state index in [1.165, 1.54) is 12.0 Å². The number of carbonyl (C=O) groups is 1. The van der Waals surface area contributed by atoms with Gasteiger partial charge in [-0.3, -0.25) is 4.79 Å². The lowest BCUT2D eigenvalue weighted by atomic mass is 9.87. The highest BCUT2D eigenvalue weighted by Crippen LogP contribution is 2.35. The monoisotopic (exact) mass is 416 g/mol. The standard InChI is InChI=1S/C23H36N4O3/c1-17(2)20-15-24-18(3)25-22(20)26-9-7-23(8-10-26)14-21(28)27(11-13-30-23)16-19-6-4-5-12-29-19/h15,17,19H,4-14,16H2,1-3H3. The van der Waals surface area contributed by atoms with Crippen LogP contribution >= 0.6 is 0 Å². The zero-order valence-corrected chi connectivity index (χ0v) is 18.7. The van der Waals surface area contributed by atoms with Gasteiger partial charge in [0.25, 0.3) is 0 Å². The maximum Gasteiger partial charge on any atom is 0.225 e. The molecule has 4 heterocycles. The number of rotatable bonds is 4. The Morgan fingerprint density at radius 3 is 2.70 bits per heavy atom. The lowest BCUT2D eigenvalue weighted by Gasteiger charge is -2.41. The van der Waals surface area contributed by atoms with Gasteiger partial charge in [0.05, 0.1) is 24.7 Å². The van der Waals surface area contributed by atoms with Crippen molar-refractivity contribution in [2.45, 2.75) is 76.9 Å². The summed E-state index contributed by atoms with van der Waals surface area (Å²) in [7, 11) is 0. The molecule has 0 saturated carbocycles. The van der Waals surface area contributed by atoms with E-state index < -0.39 is 0 Å². The van der Waals surface area contributed by atoms with E-state index in [1.54, 1.807) is 0 Å². The van der Waals surface area contributed by atoms with Crippen LogP contribution in [-0.2, 0) is 14.3 Å². The predicted molar refractivity (Wildman–Crippen MR) is 116 cm³/mol. The fraction of sp³-hybridized carbons (Fsp3) is 0.783. The normalized spacial score (nSPS) is 25.1. The van der Waals surface area contributed by atoms with E-state index in [4.69, 9.17) is 14.5 Å². The number of carbonyl (C=O) groups excluding carboxylic acids is 1. The van der Waals surface area contributed by atoms with Crippen LogP contribution in [0.3, 0.4) is 0 Å². The number of nitrogens with zero attached hydrogens (tertiary/aromatic N) is 4. The first-order chi connectivity index (χ1) is 14.5. The van der Waals surface area contributed by atoms with Crippen LogP contribution in [-0.4, -0.2) is 71.9 Å². The minimum Gasteiger partial charge on any atom is -0.376 e. The van der Waals surface area contributed by atoms with Crippen molar-refractivity contribution in [3.8, 4) is 0 Å². The van der Waals surface area contributed by atoms with Crippen molar-refractivity contribution in [1.82, 2.24) is 14.9 Å². The Morgan fingerprint density at radius 2 is 2.00 bits per heavy atom. The van der Waals surface area contributed by atoms with Gasteiger partial charge in [-0.05, 0) is 44.9 Å². The average Bonchev–Trinajstić information content (AvgIpc) is 2.88. The summed E-state index contributed by atoms with van der Waals surface area (Å²) in [6.07, 6.45) is 7.73. The van der Waals surface area contributed by atoms with Crippen LogP contribution in [0, 0.1) is 6.92 Å². The maximum absolute atomic E-state index is 13.1. The van der Waals surface area contributed by atoms with E-state index >= 15 is 0 Å². The van der Waals surface area contributed by atoms with Crippen LogP contribution in [0.15, 0.2) is 6.20 Å². The lowest BCUT2D eigenvalue weighted by Crippen LogP contribution is -2.48. The Hall–Kier alpha value is -1.73. The molecule has 0 aromatic carbocycles. The molecule has 1 spiro atoms. The van der Waals surface area contributed by atoms with Crippen molar-refractivity contribution in [3.05, 3.63) is 17.6 Å². The molecule has 3 saturated heterocycles. The molecule has 3 fully saturated rings. The molecule has 166 valence electrons. The van der Waals surface area contributed by atoms with Crippen molar-refractivity contribution < 1.29 is 14.3 Å². The second kappa shape index (κ2) is 9.18. The molecule has 1 amide bonds. The molecular formula is C23H36N4O3. The number of amides is 1. The molecular weight excluding hydrogens is 380 g/mol. The molecule has 0 N–H and O–H groups in total. The summed E-state index contributed by atoms with van der Waals surface area (Å²) in [5.74, 6) is 2.44. The van der Waals surface area contributed by atoms with Crippen molar-refractivity contribution >= 4 is 11.7 Å². The molecule has 7 heteroatoms. The Labute approximate surface area is 180 Å². The molecule has 4 rings (SSSR count). The van der Waals surface area contributed by atoms with Crippen LogP contribution in [0.25, 0.3) is 0 Å². The Kier molecular flexibility index (Phi) is 6.58. The van der Waals surface area contributed by atoms with Gasteiger partial charge in [0.15, 0.2) is 0 Å². The molecule has 0 aliphatic carbocycles. The third kappa shape index (κ3) is 4.78. The Bertz CT molecular complexity index is 740. The largest absolute Gasteiger partial charge is 0.376 e. The van der Waals surface area contributed by atoms with Gasteiger partial charge >= 0.3 is 0 Å². The minimum absolute atomic E-state index is 0.189. The molecule has 1 aromatic heterocycles. The third-order valence-corrected chi connectivity index (χ3v) is 6.81. The molecule has 1 atom stereocenters. The van der Waals surface area contributed by atoms with Crippen LogP contribution in [0.1, 0.15) is 69.7 Å². The lowest BCUT2D eigenvalue weighted by molar-refractivity contribution is -0.136. The van der Waals surface area contributed by atoms with E-state index in [0.717, 1.165) is 57.0 Å². The molecule has 1 unspecified atom stereocenters. The summed E-state index contributed by atoms with van der Waals surface area (Å²) in [5, 5.41) is 0. The molecule has 30 heavy (non-hydrogen) atoms. The van der Waals surface area contributed by atoms with Crippen LogP contribution < -0.4 is 4.90 Å². The summed E-state index contributed by atoms with van der Waals surface area (Å²) in [6, 6.07) is 0. The second-order valence-corrected chi connectivity index (χ2v) is 9.37. The number of hydrogen-bond donors (Lipinski definition) is 0. The second-order valence-electron chi connectivity index (χ2n) is 9.37. The van der Waals surface area contributed by atoms with E-state index in [-0.39, 0.29) is 17.6 Å². The highest BCUT2D eigenvalue weighted by molar-refractivity contribution is 5.77. The summed E-state index contributed by atoms with van der Waals surface area (Å²) >= 11 is 0. The van der Waals surface area contributed by atoms with Crippen LogP contribution in [0.2, 0.25) is 0 Å². The van der Waals surface area contributed by atoms with Gasteiger partial charge in [-0.25, -0.2) is 9.97 Å². The minimum atomic E-state index is -0.337. The number of aryl methyl sites for hydroxylation is 1. The zero-order chi connectivity index (χ0) is 21.1. The number of anilines is 1. The molecule has 0 radical (unpaired) electrons. The number of hydrogen-bond acceptors (Lipinski definition) is 6. The average molecular weight is 417 g/mol. The molecule has 0 bridgehead atoms. The predicted octanol–water partition coefficient (Wildman–Crippen LogP) is 3.07. The smallest absolute Gasteiger partial charge is 0.225 e. The van der Waals surface area contributed by atoms with Gasteiger partial charge in [-0.15, -0.1) is 0 Å². The zero-order valence-electron chi connectivity index (χ0n) is 18.7. The number of aromatic nitrogens is 2. The van der Waals surface area contributed by atoms with Gasteiger partial charge in [0.2, 0.25) is 5.91 Å². The highest BCUT2D eigenvalue weighted by atomic mass is 16.5. The summed E-state index contributed by atoms with van der Waals surface area (Å²) in [6.45, 7) is 10.8. The van der Waals surface area contributed by atoms with Crippen molar-refractivity contribution in [2.75, 3.05) is 44.3 Å². The third-order valence-electron chi connectivity index (χ3n) is 6.81. The summed E-state index contributed by atoms with van der Waals surface area (Å²) in [4.78, 5) is 26.5. The molecule has 3 aliphatic heterocycles. The SMILES string of the molecule is Cc1ncc(C(C)C)c(N2CCC3(CC2)CC(=O)N(CC2CCCCO2)CCO3)n1. The highest BCUT2D eigenvalue weighted by Gasteiger charge is 2.41. The van der Waals surface area contributed by atoms with Gasteiger partial charge in [0, 0.05) is 44.5 Å². The van der Waals surface area contributed by atoms with Crippen molar-refractivity contribution in [2.24, 2.45) is 0 Å². The first-order valence-electron chi connectivity index (χ1n) is 11.6. The quantitative estimate of drug-likeness (QED) is 0.751. The summed E-state index contributed by atoms with van der Waals surface area (Å²) in [5.41, 5.74) is 0.851. The number of ether oxygens (including phenoxy) is 2. The van der Waals surface area contributed by atoms with E-state index in [0.29, 0.717) is 32.0 Å². The van der Waals surface area contributed by atoms with E-state index in [9.17, 15) is 4.79 Å². The van der Waals surface area contributed by atoms with E-state index in [1.807, 2.05) is 18.0 Å². The first-order valence-corrected chi connectivity index (χ1v) is 11.6. The fourth-order valence-electron chi connectivity index (χ4n) is 4.90. The molecule has 7 nitrogen and oxygen atoms in total. The molecule has 1 aromatic rings. The van der Waals surface area contributed by atoms with Gasteiger partial charge in [-0.2, -0.15) is 0 Å². The fourth-order valence-corrected chi connectivity index (χ4v) is 4.90. The Balaban J connectivity index is 1.39. The topological polar surface area (TPSA) is 67.8 Å². The van der Waals surface area contributed by atoms with Crippen molar-refractivity contribution in [3.63, 3.8) is 0 Å². The van der Waals surface area contributed by atoms with Crippen molar-refractivity contribution in [1.29, 1.82) is 0 Å². The molecule has 3 aliphatic rings. The summed E-state index contributed by atoms with van der Waals surface area (Å²) < 4.78 is 12.2. The number of piperidine rings is 1. The van der Waals surface area contributed by atoms with Gasteiger partial charge in [-0.1, -0.05) is 13.8 Å². The first kappa shape index (κ1) is 21.5. The maximum atomic E-state index is 13.1. The van der Waals surface area contributed by atoms with Crippen LogP contribution in [0.5, 0.6) is 0 Å². The van der Waals surface area contributed by atoms with E-state index in [2.05, 4.69) is 23.7 Å².